The van der Waals surface area contributed by atoms with Gasteiger partial charge < -0.3 is 9.30 Å². The van der Waals surface area contributed by atoms with Crippen molar-refractivity contribution < 1.29 is 4.74 Å². The average molecular weight is 298 g/mol. The van der Waals surface area contributed by atoms with E-state index >= 15 is 0 Å². The van der Waals surface area contributed by atoms with Crippen LogP contribution in [-0.2, 0) is 13.0 Å². The van der Waals surface area contributed by atoms with Gasteiger partial charge in [0.15, 0.2) is 0 Å². The molecule has 0 unspecified atom stereocenters. The SMILES string of the molecule is Cc1cccc2c1ccn2Cc1cc(Cl)cc2c1OCC2. The third-order valence-electron chi connectivity index (χ3n) is 4.20. The van der Waals surface area contributed by atoms with E-state index in [1.54, 1.807) is 0 Å². The first-order valence-electron chi connectivity index (χ1n) is 7.21. The Bertz CT molecular complexity index is 835. The Labute approximate surface area is 128 Å². The van der Waals surface area contributed by atoms with Crippen molar-refractivity contribution >= 4 is 22.5 Å². The van der Waals surface area contributed by atoms with Crippen LogP contribution >= 0.6 is 11.6 Å². The summed E-state index contributed by atoms with van der Waals surface area (Å²) >= 11 is 6.25. The first kappa shape index (κ1) is 12.8. The zero-order valence-electron chi connectivity index (χ0n) is 11.9. The highest BCUT2D eigenvalue weighted by Gasteiger charge is 2.18. The lowest BCUT2D eigenvalue weighted by molar-refractivity contribution is 0.353. The predicted molar refractivity (Wildman–Crippen MR) is 86.4 cm³/mol. The minimum atomic E-state index is 0.758. The van der Waals surface area contributed by atoms with Crippen molar-refractivity contribution in [1.82, 2.24) is 4.57 Å². The largest absolute Gasteiger partial charge is 0.493 e. The number of nitrogens with zero attached hydrogens (tertiary/aromatic N) is 1. The smallest absolute Gasteiger partial charge is 0.127 e. The summed E-state index contributed by atoms with van der Waals surface area (Å²) in [5.74, 6) is 1.02. The summed E-state index contributed by atoms with van der Waals surface area (Å²) in [5.41, 5.74) is 4.94. The van der Waals surface area contributed by atoms with Crippen molar-refractivity contribution in [2.24, 2.45) is 0 Å². The molecule has 0 bridgehead atoms. The van der Waals surface area contributed by atoms with Gasteiger partial charge in [-0.05, 0) is 42.3 Å². The molecule has 2 aromatic carbocycles. The van der Waals surface area contributed by atoms with E-state index in [0.717, 1.165) is 35.9 Å². The van der Waals surface area contributed by atoms with Crippen molar-refractivity contribution in [2.75, 3.05) is 6.61 Å². The summed E-state index contributed by atoms with van der Waals surface area (Å²) in [4.78, 5) is 0. The summed E-state index contributed by atoms with van der Waals surface area (Å²) in [6.07, 6.45) is 3.09. The monoisotopic (exact) mass is 297 g/mol. The molecule has 3 heteroatoms. The van der Waals surface area contributed by atoms with Gasteiger partial charge in [-0.25, -0.2) is 0 Å². The lowest BCUT2D eigenvalue weighted by Crippen LogP contribution is -2.00. The lowest BCUT2D eigenvalue weighted by Gasteiger charge is -2.11. The van der Waals surface area contributed by atoms with Crippen LogP contribution in [-0.4, -0.2) is 11.2 Å². The third-order valence-corrected chi connectivity index (χ3v) is 4.42. The van der Waals surface area contributed by atoms with E-state index < -0.39 is 0 Å². The molecule has 0 fully saturated rings. The maximum atomic E-state index is 6.25. The van der Waals surface area contributed by atoms with Crippen molar-refractivity contribution in [2.45, 2.75) is 19.9 Å². The van der Waals surface area contributed by atoms with Crippen LogP contribution in [0.3, 0.4) is 0 Å². The fourth-order valence-electron chi connectivity index (χ4n) is 3.16. The third kappa shape index (κ3) is 2.11. The standard InChI is InChI=1S/C18H16ClNO/c1-12-3-2-4-17-16(12)5-7-20(17)11-14-10-15(19)9-13-6-8-21-18(13)14/h2-5,7,9-10H,6,8,11H2,1H3. The molecule has 1 aromatic heterocycles. The zero-order chi connectivity index (χ0) is 14.4. The second-order valence-electron chi connectivity index (χ2n) is 5.60. The van der Waals surface area contributed by atoms with Crippen LogP contribution in [0.15, 0.2) is 42.6 Å². The number of fused-ring (bicyclic) bond motifs is 2. The molecule has 0 saturated heterocycles. The van der Waals surface area contributed by atoms with Crippen molar-refractivity contribution in [3.8, 4) is 5.75 Å². The zero-order valence-corrected chi connectivity index (χ0v) is 12.7. The van der Waals surface area contributed by atoms with E-state index in [1.807, 2.05) is 12.1 Å². The molecule has 1 aliphatic rings. The van der Waals surface area contributed by atoms with Gasteiger partial charge in [-0.1, -0.05) is 23.7 Å². The molecular weight excluding hydrogens is 282 g/mol. The fourth-order valence-corrected chi connectivity index (χ4v) is 3.43. The van der Waals surface area contributed by atoms with Gasteiger partial charge in [-0.3, -0.25) is 0 Å². The molecule has 0 saturated carbocycles. The molecule has 0 atom stereocenters. The summed E-state index contributed by atoms with van der Waals surface area (Å²) in [6.45, 7) is 3.69. The predicted octanol–water partition coefficient (Wildman–Crippen LogP) is 4.59. The Balaban J connectivity index is 1.81. The van der Waals surface area contributed by atoms with Crippen molar-refractivity contribution in [3.05, 3.63) is 64.3 Å². The van der Waals surface area contributed by atoms with Gasteiger partial charge in [0.05, 0.1) is 13.2 Å². The van der Waals surface area contributed by atoms with E-state index in [-0.39, 0.29) is 0 Å². The first-order valence-corrected chi connectivity index (χ1v) is 7.59. The molecule has 2 nitrogen and oxygen atoms in total. The summed E-state index contributed by atoms with van der Waals surface area (Å²) in [7, 11) is 0. The molecule has 2 heterocycles. The minimum absolute atomic E-state index is 0.758. The van der Waals surface area contributed by atoms with E-state index in [2.05, 4.69) is 42.0 Å². The van der Waals surface area contributed by atoms with E-state index in [1.165, 1.54) is 22.0 Å². The van der Waals surface area contributed by atoms with Crippen molar-refractivity contribution in [3.63, 3.8) is 0 Å². The van der Waals surface area contributed by atoms with Crippen LogP contribution in [0, 0.1) is 6.92 Å². The van der Waals surface area contributed by atoms with Gasteiger partial charge in [-0.15, -0.1) is 0 Å². The van der Waals surface area contributed by atoms with Crippen LogP contribution in [0.5, 0.6) is 5.75 Å². The van der Waals surface area contributed by atoms with E-state index in [9.17, 15) is 0 Å². The number of aromatic nitrogens is 1. The molecule has 0 spiro atoms. The van der Waals surface area contributed by atoms with Gasteiger partial charge in [0, 0.05) is 34.1 Å². The van der Waals surface area contributed by atoms with Gasteiger partial charge in [0.1, 0.15) is 5.75 Å². The second kappa shape index (κ2) is 4.81. The number of hydrogen-bond donors (Lipinski definition) is 0. The number of hydrogen-bond acceptors (Lipinski definition) is 1. The average Bonchev–Trinajstić information content (AvgIpc) is 3.07. The van der Waals surface area contributed by atoms with Crippen molar-refractivity contribution in [1.29, 1.82) is 0 Å². The summed E-state index contributed by atoms with van der Waals surface area (Å²) in [5, 5.41) is 2.10. The number of aryl methyl sites for hydroxylation is 1. The molecule has 1 aliphatic heterocycles. The normalized spacial score (nSPS) is 13.4. The number of benzene rings is 2. The minimum Gasteiger partial charge on any atom is -0.493 e. The molecule has 4 rings (SSSR count). The second-order valence-corrected chi connectivity index (χ2v) is 6.04. The van der Waals surface area contributed by atoms with Crippen LogP contribution in [0.1, 0.15) is 16.7 Å². The van der Waals surface area contributed by atoms with E-state index in [0.29, 0.717) is 0 Å². The van der Waals surface area contributed by atoms with Gasteiger partial charge >= 0.3 is 0 Å². The Morgan fingerprint density at radius 3 is 3.05 bits per heavy atom. The van der Waals surface area contributed by atoms with E-state index in [4.69, 9.17) is 16.3 Å². The Hall–Kier alpha value is -1.93. The van der Waals surface area contributed by atoms with Gasteiger partial charge in [0.2, 0.25) is 0 Å². The highest BCUT2D eigenvalue weighted by Crippen LogP contribution is 2.34. The number of rotatable bonds is 2. The Morgan fingerprint density at radius 1 is 1.24 bits per heavy atom. The Morgan fingerprint density at radius 2 is 2.14 bits per heavy atom. The van der Waals surface area contributed by atoms with Crippen LogP contribution in [0.2, 0.25) is 5.02 Å². The fraction of sp³-hybridized carbons (Fsp3) is 0.222. The molecule has 21 heavy (non-hydrogen) atoms. The quantitative estimate of drug-likeness (QED) is 0.675. The Kier molecular flexibility index (Phi) is 2.93. The molecule has 3 aromatic rings. The van der Waals surface area contributed by atoms with Gasteiger partial charge in [0.25, 0.3) is 0 Å². The molecule has 0 radical (unpaired) electrons. The summed E-state index contributed by atoms with van der Waals surface area (Å²) in [6, 6.07) is 12.6. The van der Waals surface area contributed by atoms with Crippen LogP contribution in [0.25, 0.3) is 10.9 Å². The first-order chi connectivity index (χ1) is 10.2. The maximum Gasteiger partial charge on any atom is 0.127 e. The maximum absolute atomic E-state index is 6.25. The highest BCUT2D eigenvalue weighted by molar-refractivity contribution is 6.30. The summed E-state index contributed by atoms with van der Waals surface area (Å²) < 4.78 is 8.06. The van der Waals surface area contributed by atoms with Crippen LogP contribution < -0.4 is 4.74 Å². The molecule has 0 N–H and O–H groups in total. The van der Waals surface area contributed by atoms with Crippen LogP contribution in [0.4, 0.5) is 0 Å². The topological polar surface area (TPSA) is 14.2 Å². The molecule has 106 valence electrons. The highest BCUT2D eigenvalue weighted by atomic mass is 35.5. The lowest BCUT2D eigenvalue weighted by atomic mass is 10.1. The number of ether oxygens (including phenoxy) is 1. The molecule has 0 aliphatic carbocycles. The molecular formula is C18H16ClNO. The van der Waals surface area contributed by atoms with Gasteiger partial charge in [-0.2, -0.15) is 0 Å². The molecule has 0 amide bonds. The number of halogens is 1.